The molecule has 26 heavy (non-hydrogen) atoms. The second-order valence-electron chi connectivity index (χ2n) is 7.20. The number of ether oxygens (including phenoxy) is 1. The number of nitrogens with one attached hydrogen (secondary N) is 2. The Hall–Kier alpha value is -2.34. The quantitative estimate of drug-likeness (QED) is 0.866. The van der Waals surface area contributed by atoms with Crippen molar-refractivity contribution in [3.63, 3.8) is 0 Å². The second-order valence-corrected chi connectivity index (χ2v) is 7.20. The van der Waals surface area contributed by atoms with E-state index in [1.165, 1.54) is 18.4 Å². The summed E-state index contributed by atoms with van der Waals surface area (Å²) in [6.07, 6.45) is 6.09. The molecule has 1 aliphatic carbocycles. The van der Waals surface area contributed by atoms with E-state index in [-0.39, 0.29) is 5.91 Å². The summed E-state index contributed by atoms with van der Waals surface area (Å²) in [7, 11) is 1.64. The first-order valence-electron chi connectivity index (χ1n) is 9.49. The molecule has 1 aromatic heterocycles. The molecule has 6 nitrogen and oxygen atoms in total. The fourth-order valence-electron chi connectivity index (χ4n) is 3.97. The van der Waals surface area contributed by atoms with E-state index in [4.69, 9.17) is 4.74 Å². The number of para-hydroxylation sites is 1. The molecule has 1 amide bonds. The zero-order valence-electron chi connectivity index (χ0n) is 15.3. The van der Waals surface area contributed by atoms with Crippen LogP contribution in [0.4, 0.5) is 0 Å². The molecule has 2 N–H and O–H groups in total. The molecule has 138 valence electrons. The number of aromatic amines is 1. The van der Waals surface area contributed by atoms with Gasteiger partial charge in [-0.25, -0.2) is 0 Å². The first kappa shape index (κ1) is 17.1. The molecule has 0 unspecified atom stereocenters. The number of fused-ring (bicyclic) bond motifs is 1. The molecule has 1 saturated carbocycles. The van der Waals surface area contributed by atoms with Gasteiger partial charge in [0.15, 0.2) is 5.69 Å². The number of benzene rings is 1. The Labute approximate surface area is 153 Å². The van der Waals surface area contributed by atoms with Crippen molar-refractivity contribution in [2.24, 2.45) is 0 Å². The van der Waals surface area contributed by atoms with E-state index in [0.29, 0.717) is 11.8 Å². The van der Waals surface area contributed by atoms with Gasteiger partial charge in [0, 0.05) is 49.9 Å². The van der Waals surface area contributed by atoms with E-state index < -0.39 is 0 Å². The number of aromatic nitrogens is 2. The van der Waals surface area contributed by atoms with Gasteiger partial charge in [-0.15, -0.1) is 0 Å². The Morgan fingerprint density at radius 2 is 2.15 bits per heavy atom. The van der Waals surface area contributed by atoms with Crippen molar-refractivity contribution in [1.82, 2.24) is 20.4 Å². The van der Waals surface area contributed by atoms with Gasteiger partial charge in [0.1, 0.15) is 5.75 Å². The maximum atomic E-state index is 12.0. The van der Waals surface area contributed by atoms with Crippen LogP contribution in [0.15, 0.2) is 24.3 Å². The van der Waals surface area contributed by atoms with Gasteiger partial charge in [-0.05, 0) is 31.7 Å². The molecule has 2 aromatic rings. The van der Waals surface area contributed by atoms with E-state index in [1.54, 1.807) is 7.05 Å². The van der Waals surface area contributed by atoms with Crippen molar-refractivity contribution in [3.8, 4) is 5.75 Å². The summed E-state index contributed by atoms with van der Waals surface area (Å²) >= 11 is 0. The topological polar surface area (TPSA) is 70.2 Å². The summed E-state index contributed by atoms with van der Waals surface area (Å²) in [5, 5.41) is 9.90. The van der Waals surface area contributed by atoms with Crippen LogP contribution in [0.5, 0.6) is 5.75 Å². The summed E-state index contributed by atoms with van der Waals surface area (Å²) in [5.74, 6) is 0.873. The molecular weight excluding hydrogens is 328 g/mol. The van der Waals surface area contributed by atoms with Crippen LogP contribution >= 0.6 is 0 Å². The van der Waals surface area contributed by atoms with Crippen molar-refractivity contribution in [1.29, 1.82) is 0 Å². The fourth-order valence-corrected chi connectivity index (χ4v) is 3.97. The number of nitrogens with zero attached hydrogens (tertiary/aromatic N) is 2. The third kappa shape index (κ3) is 3.46. The molecule has 0 radical (unpaired) electrons. The van der Waals surface area contributed by atoms with Gasteiger partial charge in [0.25, 0.3) is 5.91 Å². The second kappa shape index (κ2) is 7.50. The first-order chi connectivity index (χ1) is 12.7. The Kier molecular flexibility index (Phi) is 4.93. The minimum Gasteiger partial charge on any atom is -0.490 e. The lowest BCUT2D eigenvalue weighted by atomic mass is 10.0. The van der Waals surface area contributed by atoms with Crippen molar-refractivity contribution in [2.75, 3.05) is 13.6 Å². The van der Waals surface area contributed by atoms with Gasteiger partial charge in [0.2, 0.25) is 0 Å². The number of carbonyl (C=O) groups excluding carboxylic acids is 1. The van der Waals surface area contributed by atoms with Crippen LogP contribution in [-0.4, -0.2) is 40.7 Å². The van der Waals surface area contributed by atoms with E-state index in [2.05, 4.69) is 38.6 Å². The van der Waals surface area contributed by atoms with Crippen molar-refractivity contribution >= 4 is 5.91 Å². The monoisotopic (exact) mass is 354 g/mol. The molecule has 0 atom stereocenters. The molecule has 0 saturated heterocycles. The van der Waals surface area contributed by atoms with Crippen molar-refractivity contribution in [2.45, 2.75) is 51.3 Å². The normalized spacial score (nSPS) is 17.9. The summed E-state index contributed by atoms with van der Waals surface area (Å²) in [6.45, 7) is 2.49. The number of H-pyrrole nitrogens is 1. The Bertz CT molecular complexity index is 780. The van der Waals surface area contributed by atoms with Crippen LogP contribution in [0.3, 0.4) is 0 Å². The highest BCUT2D eigenvalue weighted by molar-refractivity contribution is 5.93. The molecule has 0 bridgehead atoms. The molecule has 6 heteroatoms. The van der Waals surface area contributed by atoms with E-state index in [0.717, 1.165) is 55.9 Å². The maximum Gasteiger partial charge on any atom is 0.271 e. The summed E-state index contributed by atoms with van der Waals surface area (Å²) < 4.78 is 6.27. The molecule has 2 aliphatic rings. The highest BCUT2D eigenvalue weighted by atomic mass is 16.5. The van der Waals surface area contributed by atoms with Crippen LogP contribution in [0, 0.1) is 0 Å². The van der Waals surface area contributed by atoms with Gasteiger partial charge in [-0.1, -0.05) is 18.2 Å². The lowest BCUT2D eigenvalue weighted by molar-refractivity contribution is 0.0955. The minimum atomic E-state index is -0.130. The molecule has 4 rings (SSSR count). The number of hydrogen-bond donors (Lipinski definition) is 2. The zero-order chi connectivity index (χ0) is 17.9. The van der Waals surface area contributed by atoms with Crippen LogP contribution in [0.2, 0.25) is 0 Å². The fraction of sp³-hybridized carbons (Fsp3) is 0.500. The van der Waals surface area contributed by atoms with Crippen molar-refractivity contribution < 1.29 is 9.53 Å². The predicted molar refractivity (Wildman–Crippen MR) is 99.1 cm³/mol. The Balaban J connectivity index is 1.49. The minimum absolute atomic E-state index is 0.130. The Morgan fingerprint density at radius 3 is 2.96 bits per heavy atom. The Morgan fingerprint density at radius 1 is 1.35 bits per heavy atom. The van der Waals surface area contributed by atoms with Crippen LogP contribution in [0.1, 0.15) is 53.0 Å². The summed E-state index contributed by atoms with van der Waals surface area (Å²) in [6, 6.07) is 8.34. The molecular formula is C20H26N4O2. The highest BCUT2D eigenvalue weighted by Gasteiger charge is 2.26. The molecule has 1 fully saturated rings. The third-order valence-electron chi connectivity index (χ3n) is 5.42. The molecule has 1 aliphatic heterocycles. The molecule has 0 spiro atoms. The van der Waals surface area contributed by atoms with Gasteiger partial charge < -0.3 is 10.1 Å². The van der Waals surface area contributed by atoms with E-state index in [9.17, 15) is 4.79 Å². The number of rotatable bonds is 5. The zero-order valence-corrected chi connectivity index (χ0v) is 15.3. The van der Waals surface area contributed by atoms with Gasteiger partial charge in [0.05, 0.1) is 6.10 Å². The van der Waals surface area contributed by atoms with Gasteiger partial charge in [-0.2, -0.15) is 5.10 Å². The highest BCUT2D eigenvalue weighted by Crippen LogP contribution is 2.29. The van der Waals surface area contributed by atoms with E-state index in [1.807, 2.05) is 6.07 Å². The number of amides is 1. The van der Waals surface area contributed by atoms with E-state index >= 15 is 0 Å². The molecule has 2 heterocycles. The predicted octanol–water partition coefficient (Wildman–Crippen LogP) is 2.65. The third-order valence-corrected chi connectivity index (χ3v) is 5.42. The number of hydrogen-bond acceptors (Lipinski definition) is 4. The SMILES string of the molecule is CNC(=O)c1n[nH]c2c1CN(Cc1ccccc1OC1CCCC1)CC2. The average molecular weight is 354 g/mol. The largest absolute Gasteiger partial charge is 0.490 e. The van der Waals surface area contributed by atoms with Gasteiger partial charge in [-0.3, -0.25) is 14.8 Å². The lowest BCUT2D eigenvalue weighted by Gasteiger charge is -2.28. The average Bonchev–Trinajstić information content (AvgIpc) is 3.32. The summed E-state index contributed by atoms with van der Waals surface area (Å²) in [4.78, 5) is 14.4. The smallest absolute Gasteiger partial charge is 0.271 e. The van der Waals surface area contributed by atoms with Gasteiger partial charge >= 0.3 is 0 Å². The van der Waals surface area contributed by atoms with Crippen LogP contribution in [-0.2, 0) is 19.5 Å². The maximum absolute atomic E-state index is 12.0. The standard InChI is InChI=1S/C20H26N4O2/c1-21-20(25)19-16-13-24(11-10-17(16)22-23-19)12-14-6-2-5-9-18(14)26-15-7-3-4-8-15/h2,5-6,9,15H,3-4,7-8,10-13H2,1H3,(H,21,25)(H,22,23). The first-order valence-corrected chi connectivity index (χ1v) is 9.49. The van der Waals surface area contributed by atoms with Crippen molar-refractivity contribution in [3.05, 3.63) is 46.8 Å². The van der Waals surface area contributed by atoms with Crippen LogP contribution < -0.4 is 10.1 Å². The van der Waals surface area contributed by atoms with Crippen LogP contribution in [0.25, 0.3) is 0 Å². The lowest BCUT2D eigenvalue weighted by Crippen LogP contribution is -2.31. The summed E-state index contributed by atoms with van der Waals surface area (Å²) in [5.41, 5.74) is 3.83. The number of carbonyl (C=O) groups is 1. The molecule has 1 aromatic carbocycles.